The Labute approximate surface area is 106 Å². The van der Waals surface area contributed by atoms with E-state index in [1.165, 1.54) is 55.2 Å². The van der Waals surface area contributed by atoms with Gasteiger partial charge in [0.25, 0.3) is 0 Å². The van der Waals surface area contributed by atoms with E-state index in [1.807, 2.05) is 0 Å². The molecule has 1 heteroatoms. The summed E-state index contributed by atoms with van der Waals surface area (Å²) in [6, 6.07) is 7.38. The quantitative estimate of drug-likeness (QED) is 0.772. The first-order chi connectivity index (χ1) is 8.27. The fraction of sp³-hybridized carbons (Fsp3) is 0.625. The first kappa shape index (κ1) is 12.6. The van der Waals surface area contributed by atoms with Crippen molar-refractivity contribution in [1.82, 2.24) is 5.32 Å². The number of aryl methyl sites for hydroxylation is 1. The van der Waals surface area contributed by atoms with E-state index in [0.717, 1.165) is 12.6 Å². The first-order valence-electron chi connectivity index (χ1n) is 7.06. The highest BCUT2D eigenvalue weighted by molar-refractivity contribution is 5.32. The summed E-state index contributed by atoms with van der Waals surface area (Å²) >= 11 is 0. The minimum absolute atomic E-state index is 0.748. The molecule has 0 spiro atoms. The van der Waals surface area contributed by atoms with Crippen molar-refractivity contribution in [3.8, 4) is 0 Å². The van der Waals surface area contributed by atoms with Crippen LogP contribution in [-0.4, -0.2) is 6.04 Å². The molecule has 1 nitrogen and oxygen atoms in total. The van der Waals surface area contributed by atoms with Crippen LogP contribution in [0.5, 0.6) is 0 Å². The van der Waals surface area contributed by atoms with Crippen molar-refractivity contribution in [2.45, 2.75) is 65.0 Å². The smallest absolute Gasteiger partial charge is 0.0210 e. The van der Waals surface area contributed by atoms with Crippen LogP contribution in [0.4, 0.5) is 0 Å². The van der Waals surface area contributed by atoms with Crippen molar-refractivity contribution in [3.05, 3.63) is 34.9 Å². The topological polar surface area (TPSA) is 12.0 Å². The Hall–Kier alpha value is -0.820. The predicted molar refractivity (Wildman–Crippen MR) is 74.2 cm³/mol. The molecule has 1 aliphatic rings. The molecule has 0 saturated heterocycles. The molecule has 94 valence electrons. The maximum Gasteiger partial charge on any atom is 0.0210 e. The monoisotopic (exact) mass is 231 g/mol. The Balaban J connectivity index is 1.90. The zero-order valence-corrected chi connectivity index (χ0v) is 11.3. The summed E-state index contributed by atoms with van der Waals surface area (Å²) in [5, 5.41) is 3.75. The van der Waals surface area contributed by atoms with Gasteiger partial charge in [0.15, 0.2) is 0 Å². The molecule has 0 bridgehead atoms. The van der Waals surface area contributed by atoms with E-state index in [-0.39, 0.29) is 0 Å². The van der Waals surface area contributed by atoms with Gasteiger partial charge in [-0.1, -0.05) is 43.9 Å². The zero-order valence-electron chi connectivity index (χ0n) is 11.3. The van der Waals surface area contributed by atoms with Crippen LogP contribution < -0.4 is 5.32 Å². The second-order valence-corrected chi connectivity index (χ2v) is 5.43. The Kier molecular flexibility index (Phi) is 4.61. The minimum atomic E-state index is 0.748. The Morgan fingerprint density at radius 3 is 2.47 bits per heavy atom. The molecular formula is C16H25N. The van der Waals surface area contributed by atoms with E-state index >= 15 is 0 Å². The summed E-state index contributed by atoms with van der Waals surface area (Å²) in [6.45, 7) is 5.47. The van der Waals surface area contributed by atoms with E-state index in [9.17, 15) is 0 Å². The molecule has 1 N–H and O–H groups in total. The van der Waals surface area contributed by atoms with Crippen LogP contribution >= 0.6 is 0 Å². The van der Waals surface area contributed by atoms with Gasteiger partial charge in [-0.25, -0.2) is 0 Å². The highest BCUT2D eigenvalue weighted by atomic mass is 14.9. The lowest BCUT2D eigenvalue weighted by atomic mass is 10.0. The van der Waals surface area contributed by atoms with Crippen LogP contribution in [0.15, 0.2) is 18.2 Å². The summed E-state index contributed by atoms with van der Waals surface area (Å²) in [6.07, 6.45) is 8.41. The average Bonchev–Trinajstić information content (AvgIpc) is 2.59. The van der Waals surface area contributed by atoms with Gasteiger partial charge < -0.3 is 5.32 Å². The Bertz CT molecular complexity index is 349. The number of hydrogen-bond acceptors (Lipinski definition) is 1. The third-order valence-electron chi connectivity index (χ3n) is 4.15. The molecule has 1 aromatic rings. The number of hydrogen-bond donors (Lipinski definition) is 1. The van der Waals surface area contributed by atoms with Crippen LogP contribution in [0.25, 0.3) is 0 Å². The molecule has 17 heavy (non-hydrogen) atoms. The summed E-state index contributed by atoms with van der Waals surface area (Å²) in [7, 11) is 0. The maximum absolute atomic E-state index is 3.75. The van der Waals surface area contributed by atoms with Gasteiger partial charge >= 0.3 is 0 Å². The molecular weight excluding hydrogens is 206 g/mol. The average molecular weight is 231 g/mol. The number of benzene rings is 1. The van der Waals surface area contributed by atoms with E-state index in [2.05, 4.69) is 37.4 Å². The van der Waals surface area contributed by atoms with Crippen molar-refractivity contribution in [3.63, 3.8) is 0 Å². The second kappa shape index (κ2) is 6.20. The van der Waals surface area contributed by atoms with Crippen LogP contribution in [0, 0.1) is 13.8 Å². The van der Waals surface area contributed by atoms with Gasteiger partial charge in [-0.3, -0.25) is 0 Å². The van der Waals surface area contributed by atoms with Gasteiger partial charge in [-0.2, -0.15) is 0 Å². The van der Waals surface area contributed by atoms with Gasteiger partial charge in [-0.15, -0.1) is 0 Å². The van der Waals surface area contributed by atoms with Crippen molar-refractivity contribution >= 4 is 0 Å². The van der Waals surface area contributed by atoms with Crippen LogP contribution in [-0.2, 0) is 6.54 Å². The molecule has 0 radical (unpaired) electrons. The Morgan fingerprint density at radius 1 is 1.06 bits per heavy atom. The lowest BCUT2D eigenvalue weighted by molar-refractivity contribution is 0.458. The molecule has 1 aliphatic carbocycles. The number of rotatable bonds is 3. The lowest BCUT2D eigenvalue weighted by Gasteiger charge is -2.17. The SMILES string of the molecule is Cc1cccc(CNC2CCCCCC2)c1C. The van der Waals surface area contributed by atoms with Gasteiger partial charge in [0.05, 0.1) is 0 Å². The minimum Gasteiger partial charge on any atom is -0.310 e. The summed E-state index contributed by atoms with van der Waals surface area (Å²) in [5.74, 6) is 0. The fourth-order valence-corrected chi connectivity index (χ4v) is 2.74. The zero-order chi connectivity index (χ0) is 12.1. The Morgan fingerprint density at radius 2 is 1.76 bits per heavy atom. The molecule has 0 heterocycles. The molecule has 1 saturated carbocycles. The van der Waals surface area contributed by atoms with Crippen molar-refractivity contribution in [2.24, 2.45) is 0 Å². The summed E-state index contributed by atoms with van der Waals surface area (Å²) in [4.78, 5) is 0. The van der Waals surface area contributed by atoms with Crippen molar-refractivity contribution < 1.29 is 0 Å². The standard InChI is InChI=1S/C16H25N/c1-13-8-7-9-15(14(13)2)12-17-16-10-5-3-4-6-11-16/h7-9,16-17H,3-6,10-12H2,1-2H3. The summed E-state index contributed by atoms with van der Waals surface area (Å²) in [5.41, 5.74) is 4.33. The number of nitrogens with one attached hydrogen (secondary N) is 1. The van der Waals surface area contributed by atoms with Crippen LogP contribution in [0.3, 0.4) is 0 Å². The molecule has 2 rings (SSSR count). The van der Waals surface area contributed by atoms with Crippen molar-refractivity contribution in [1.29, 1.82) is 0 Å². The van der Waals surface area contributed by atoms with Crippen LogP contribution in [0.1, 0.15) is 55.2 Å². The fourth-order valence-electron chi connectivity index (χ4n) is 2.74. The van der Waals surface area contributed by atoms with E-state index < -0.39 is 0 Å². The maximum atomic E-state index is 3.75. The largest absolute Gasteiger partial charge is 0.310 e. The highest BCUT2D eigenvalue weighted by Gasteiger charge is 2.11. The third kappa shape index (κ3) is 3.57. The van der Waals surface area contributed by atoms with E-state index in [4.69, 9.17) is 0 Å². The van der Waals surface area contributed by atoms with E-state index in [1.54, 1.807) is 0 Å². The summed E-state index contributed by atoms with van der Waals surface area (Å²) < 4.78 is 0. The van der Waals surface area contributed by atoms with Gasteiger partial charge in [0.1, 0.15) is 0 Å². The molecule has 1 aromatic carbocycles. The molecule has 0 unspecified atom stereocenters. The highest BCUT2D eigenvalue weighted by Crippen LogP contribution is 2.18. The van der Waals surface area contributed by atoms with Crippen LogP contribution in [0.2, 0.25) is 0 Å². The molecule has 0 aliphatic heterocycles. The first-order valence-corrected chi connectivity index (χ1v) is 7.06. The molecule has 0 atom stereocenters. The predicted octanol–water partition coefficient (Wildman–Crippen LogP) is 4.12. The second-order valence-electron chi connectivity index (χ2n) is 5.43. The van der Waals surface area contributed by atoms with Crippen molar-refractivity contribution in [2.75, 3.05) is 0 Å². The van der Waals surface area contributed by atoms with Gasteiger partial charge in [0, 0.05) is 12.6 Å². The molecule has 1 fully saturated rings. The van der Waals surface area contributed by atoms with Gasteiger partial charge in [-0.05, 0) is 43.4 Å². The molecule has 0 aromatic heterocycles. The van der Waals surface area contributed by atoms with E-state index in [0.29, 0.717) is 0 Å². The van der Waals surface area contributed by atoms with Gasteiger partial charge in [0.2, 0.25) is 0 Å². The normalized spacial score (nSPS) is 18.0. The third-order valence-corrected chi connectivity index (χ3v) is 4.15. The molecule has 0 amide bonds. The lowest BCUT2D eigenvalue weighted by Crippen LogP contribution is -2.28.